The van der Waals surface area contributed by atoms with Gasteiger partial charge in [0.15, 0.2) is 0 Å². The molecule has 0 N–H and O–H groups in total. The van der Waals surface area contributed by atoms with Crippen LogP contribution in [0.15, 0.2) is 0 Å². The van der Waals surface area contributed by atoms with Gasteiger partial charge in [0.05, 0.1) is 0 Å². The summed E-state index contributed by atoms with van der Waals surface area (Å²) in [6.07, 6.45) is 4.77. The first kappa shape index (κ1) is 17.3. The van der Waals surface area contributed by atoms with Crippen LogP contribution in [0.2, 0.25) is 4.73 Å². The summed E-state index contributed by atoms with van der Waals surface area (Å²) in [5.74, 6) is 0. The van der Waals surface area contributed by atoms with Crippen LogP contribution in [0.4, 0.5) is 0 Å². The van der Waals surface area contributed by atoms with Crippen LogP contribution >= 0.6 is 0 Å². The molecular formula is C10H23ClO2Ti. The molecule has 0 aliphatic heterocycles. The van der Waals surface area contributed by atoms with E-state index in [0.717, 1.165) is 17.9 Å². The van der Waals surface area contributed by atoms with E-state index < -0.39 is 18.6 Å². The number of halogens is 1. The van der Waals surface area contributed by atoms with Gasteiger partial charge in [-0.3, -0.25) is 0 Å². The van der Waals surface area contributed by atoms with Gasteiger partial charge in [0.25, 0.3) is 0 Å². The molecule has 0 aliphatic carbocycles. The van der Waals surface area contributed by atoms with E-state index in [1.54, 1.807) is 0 Å². The Bertz CT molecular complexity index is 94.1. The minimum Gasteiger partial charge on any atom is -1.00 e. The zero-order chi connectivity index (χ0) is 9.94. The van der Waals surface area contributed by atoms with Gasteiger partial charge in [-0.15, -0.1) is 0 Å². The predicted molar refractivity (Wildman–Crippen MR) is 52.2 cm³/mol. The van der Waals surface area contributed by atoms with Crippen molar-refractivity contribution in [3.63, 3.8) is 0 Å². The molecule has 0 fully saturated rings. The Morgan fingerprint density at radius 3 is 1.57 bits per heavy atom. The molecule has 0 spiro atoms. The van der Waals surface area contributed by atoms with Gasteiger partial charge in [-0.25, -0.2) is 0 Å². The molecule has 0 bridgehead atoms. The maximum Gasteiger partial charge on any atom is -1.00 e. The van der Waals surface area contributed by atoms with Gasteiger partial charge >= 0.3 is 89.7 Å². The number of rotatable bonds is 9. The van der Waals surface area contributed by atoms with Gasteiger partial charge in [-0.05, 0) is 0 Å². The van der Waals surface area contributed by atoms with Crippen molar-refractivity contribution >= 4 is 0 Å². The smallest absolute Gasteiger partial charge is 1.00 e. The van der Waals surface area contributed by atoms with E-state index in [1.807, 2.05) is 0 Å². The molecule has 2 nitrogen and oxygen atoms in total. The van der Waals surface area contributed by atoms with Gasteiger partial charge in [0, 0.05) is 0 Å². The Morgan fingerprint density at radius 1 is 0.857 bits per heavy atom. The van der Waals surface area contributed by atoms with Crippen LogP contribution in [0.5, 0.6) is 0 Å². The minimum atomic E-state index is -1.54. The molecule has 0 aromatic heterocycles. The topological polar surface area (TPSA) is 18.5 Å². The molecule has 4 heteroatoms. The summed E-state index contributed by atoms with van der Waals surface area (Å²) >= 11 is -1.54. The van der Waals surface area contributed by atoms with Crippen LogP contribution in [-0.2, 0) is 25.3 Å². The van der Waals surface area contributed by atoms with E-state index in [1.165, 1.54) is 25.7 Å². The zero-order valence-electron chi connectivity index (χ0n) is 9.64. The molecule has 0 rings (SSSR count). The maximum absolute atomic E-state index is 5.72. The summed E-state index contributed by atoms with van der Waals surface area (Å²) in [4.78, 5) is 0. The largest absolute Gasteiger partial charge is 1.00 e. The van der Waals surface area contributed by atoms with E-state index in [2.05, 4.69) is 20.8 Å². The summed E-state index contributed by atoms with van der Waals surface area (Å²) in [6, 6.07) is 0. The van der Waals surface area contributed by atoms with E-state index in [0.29, 0.717) is 0 Å². The van der Waals surface area contributed by atoms with E-state index >= 15 is 0 Å². The summed E-state index contributed by atoms with van der Waals surface area (Å²) in [5, 5.41) is 0. The summed E-state index contributed by atoms with van der Waals surface area (Å²) in [6.45, 7) is 8.37. The molecule has 0 heterocycles. The third-order valence-corrected chi connectivity index (χ3v) is 4.36. The van der Waals surface area contributed by atoms with Gasteiger partial charge in [0.1, 0.15) is 0 Å². The molecule has 0 radical (unpaired) electrons. The molecule has 0 aromatic rings. The summed E-state index contributed by atoms with van der Waals surface area (Å²) in [5.41, 5.74) is 0. The third kappa shape index (κ3) is 11.0. The van der Waals surface area contributed by atoms with Crippen LogP contribution in [0.25, 0.3) is 0 Å². The average Bonchev–Trinajstić information content (AvgIpc) is 2.16. The van der Waals surface area contributed by atoms with Crippen LogP contribution < -0.4 is 12.4 Å². The minimum absolute atomic E-state index is 0. The molecule has 0 amide bonds. The molecule has 0 unspecified atom stereocenters. The zero-order valence-corrected chi connectivity index (χ0v) is 12.0. The van der Waals surface area contributed by atoms with E-state index in [-0.39, 0.29) is 12.4 Å². The van der Waals surface area contributed by atoms with Crippen molar-refractivity contribution in [2.75, 3.05) is 13.2 Å². The van der Waals surface area contributed by atoms with Crippen molar-refractivity contribution < 1.29 is 37.7 Å². The van der Waals surface area contributed by atoms with Crippen molar-refractivity contribution in [3.05, 3.63) is 0 Å². The SMILES string of the molecule is CCCC[O][Ti+]([CH2]C)[O]CCCC.[Cl-]. The standard InChI is InChI=1S/2C4H9O.C2H5.ClH.Ti/c2*1-2-3-4-5;1-2;;/h2*2-4H2,1H3;1H2,2H3;1H;/q2*-1;;;+3/p-1. The molecule has 86 valence electrons. The van der Waals surface area contributed by atoms with Crippen molar-refractivity contribution in [2.24, 2.45) is 0 Å². The van der Waals surface area contributed by atoms with Gasteiger partial charge in [0.2, 0.25) is 0 Å². The van der Waals surface area contributed by atoms with Gasteiger partial charge < -0.3 is 12.4 Å². The fourth-order valence-electron chi connectivity index (χ4n) is 0.906. The van der Waals surface area contributed by atoms with Crippen molar-refractivity contribution in [2.45, 2.75) is 51.2 Å². The number of hydrogen-bond acceptors (Lipinski definition) is 2. The molecular weight excluding hydrogens is 235 g/mol. The molecule has 14 heavy (non-hydrogen) atoms. The van der Waals surface area contributed by atoms with Crippen LogP contribution in [0.3, 0.4) is 0 Å². The Balaban J connectivity index is 0. The Hall–Kier alpha value is 0.924. The average molecular weight is 259 g/mol. The molecule has 0 aliphatic rings. The number of unbranched alkanes of at least 4 members (excludes halogenated alkanes) is 2. The molecule has 0 saturated heterocycles. The van der Waals surface area contributed by atoms with Crippen molar-refractivity contribution in [3.8, 4) is 0 Å². The number of hydrogen-bond donors (Lipinski definition) is 0. The first-order chi connectivity index (χ1) is 6.35. The second-order valence-electron chi connectivity index (χ2n) is 3.13. The predicted octanol–water partition coefficient (Wildman–Crippen LogP) is 0.510. The fourth-order valence-corrected chi connectivity index (χ4v) is 2.84. The monoisotopic (exact) mass is 258 g/mol. The van der Waals surface area contributed by atoms with Crippen molar-refractivity contribution in [1.29, 1.82) is 0 Å². The second kappa shape index (κ2) is 13.9. The quantitative estimate of drug-likeness (QED) is 0.443. The Kier molecular flexibility index (Phi) is 17.2. The van der Waals surface area contributed by atoms with Gasteiger partial charge in [-0.2, -0.15) is 0 Å². The van der Waals surface area contributed by atoms with Crippen LogP contribution in [0, 0.1) is 0 Å². The first-order valence-corrected chi connectivity index (χ1v) is 7.84. The first-order valence-electron chi connectivity index (χ1n) is 5.46. The fraction of sp³-hybridized carbons (Fsp3) is 1.00. The van der Waals surface area contributed by atoms with Crippen LogP contribution in [0.1, 0.15) is 46.5 Å². The molecule has 0 saturated carbocycles. The van der Waals surface area contributed by atoms with Crippen molar-refractivity contribution in [1.82, 2.24) is 0 Å². The van der Waals surface area contributed by atoms with E-state index in [9.17, 15) is 0 Å². The summed E-state index contributed by atoms with van der Waals surface area (Å²) < 4.78 is 12.6. The Labute approximate surface area is 102 Å². The summed E-state index contributed by atoms with van der Waals surface area (Å²) in [7, 11) is 0. The van der Waals surface area contributed by atoms with Gasteiger partial charge in [-0.1, -0.05) is 0 Å². The Morgan fingerprint density at radius 2 is 1.29 bits per heavy atom. The molecule has 0 atom stereocenters. The maximum atomic E-state index is 5.72. The molecule has 0 aromatic carbocycles. The second-order valence-corrected chi connectivity index (χ2v) is 6.30. The van der Waals surface area contributed by atoms with E-state index in [4.69, 9.17) is 6.64 Å². The van der Waals surface area contributed by atoms with Crippen LogP contribution in [-0.4, -0.2) is 13.2 Å². The normalized spacial score (nSPS) is 9.64. The third-order valence-electron chi connectivity index (χ3n) is 1.81.